The Balaban J connectivity index is 1.68. The molecule has 6 nitrogen and oxygen atoms in total. The summed E-state index contributed by atoms with van der Waals surface area (Å²) in [7, 11) is 0. The summed E-state index contributed by atoms with van der Waals surface area (Å²) in [5.41, 5.74) is 7.95. The molecule has 2 fully saturated rings. The Morgan fingerprint density at radius 1 is 1.23 bits per heavy atom. The smallest absolute Gasteiger partial charge is 0.225 e. The van der Waals surface area contributed by atoms with Gasteiger partial charge in [-0.15, -0.1) is 0 Å². The van der Waals surface area contributed by atoms with Crippen molar-refractivity contribution in [3.8, 4) is 0 Å². The minimum absolute atomic E-state index is 0.287. The quantitative estimate of drug-likeness (QED) is 0.913. The maximum Gasteiger partial charge on any atom is 0.225 e. The van der Waals surface area contributed by atoms with Crippen molar-refractivity contribution in [3.63, 3.8) is 0 Å². The molecule has 2 heterocycles. The molecule has 6 heteroatoms. The number of nitrogens with two attached hydrogens (primary N) is 1. The lowest BCUT2D eigenvalue weighted by molar-refractivity contribution is -0.138. The summed E-state index contributed by atoms with van der Waals surface area (Å²) in [6.07, 6.45) is 4.20. The van der Waals surface area contributed by atoms with Gasteiger partial charge in [-0.2, -0.15) is 4.98 Å². The third kappa shape index (κ3) is 2.74. The fourth-order valence-electron chi connectivity index (χ4n) is 3.27. The molecule has 0 radical (unpaired) electrons. The zero-order chi connectivity index (χ0) is 15.7. The summed E-state index contributed by atoms with van der Waals surface area (Å²) >= 11 is 0. The molecule has 0 bridgehead atoms. The van der Waals surface area contributed by atoms with Crippen LogP contribution in [0.4, 0.5) is 11.8 Å². The van der Waals surface area contributed by atoms with E-state index in [1.165, 1.54) is 6.42 Å². The summed E-state index contributed by atoms with van der Waals surface area (Å²) < 4.78 is 0. The maximum atomic E-state index is 12.3. The first-order valence-corrected chi connectivity index (χ1v) is 8.27. The monoisotopic (exact) mass is 303 g/mol. The number of carbonyl (C=O) groups excluding carboxylic acids is 1. The van der Waals surface area contributed by atoms with Gasteiger partial charge in [0.1, 0.15) is 5.82 Å². The molecule has 1 aliphatic carbocycles. The standard InChI is InChI=1S/C16H25N5O/c1-3-13-11(2)14(19-16(17)18-13)20-7-9-21(10-8-20)15(22)12-5-4-6-12/h12H,3-10H2,1-2H3,(H2,17,18,19). The van der Waals surface area contributed by atoms with E-state index in [0.717, 1.165) is 62.5 Å². The van der Waals surface area contributed by atoms with Gasteiger partial charge in [0.15, 0.2) is 0 Å². The maximum absolute atomic E-state index is 12.3. The lowest BCUT2D eigenvalue weighted by atomic mass is 9.84. The van der Waals surface area contributed by atoms with Crippen LogP contribution < -0.4 is 10.6 Å². The van der Waals surface area contributed by atoms with Gasteiger partial charge in [-0.3, -0.25) is 4.79 Å². The zero-order valence-corrected chi connectivity index (χ0v) is 13.5. The summed E-state index contributed by atoms with van der Waals surface area (Å²) in [4.78, 5) is 25.3. The first kappa shape index (κ1) is 15.1. The summed E-state index contributed by atoms with van der Waals surface area (Å²) in [5, 5.41) is 0. The van der Waals surface area contributed by atoms with Crippen molar-refractivity contribution in [1.82, 2.24) is 14.9 Å². The van der Waals surface area contributed by atoms with E-state index < -0.39 is 0 Å². The second-order valence-corrected chi connectivity index (χ2v) is 6.27. The Bertz CT molecular complexity index is 562. The van der Waals surface area contributed by atoms with E-state index in [0.29, 0.717) is 11.9 Å². The van der Waals surface area contributed by atoms with Crippen LogP contribution in [0.2, 0.25) is 0 Å². The molecule has 22 heavy (non-hydrogen) atoms. The molecule has 1 saturated heterocycles. The van der Waals surface area contributed by atoms with E-state index in [1.54, 1.807) is 0 Å². The number of hydrogen-bond donors (Lipinski definition) is 1. The van der Waals surface area contributed by atoms with Crippen molar-refractivity contribution in [2.75, 3.05) is 36.8 Å². The Hall–Kier alpha value is -1.85. The van der Waals surface area contributed by atoms with E-state index in [4.69, 9.17) is 5.73 Å². The molecule has 0 spiro atoms. The van der Waals surface area contributed by atoms with Crippen LogP contribution in [0.25, 0.3) is 0 Å². The van der Waals surface area contributed by atoms with Crippen molar-refractivity contribution in [3.05, 3.63) is 11.3 Å². The second-order valence-electron chi connectivity index (χ2n) is 6.27. The van der Waals surface area contributed by atoms with Crippen molar-refractivity contribution in [2.24, 2.45) is 5.92 Å². The van der Waals surface area contributed by atoms with Gasteiger partial charge in [0, 0.05) is 37.7 Å². The van der Waals surface area contributed by atoms with Crippen molar-refractivity contribution in [1.29, 1.82) is 0 Å². The van der Waals surface area contributed by atoms with Crippen LogP contribution in [0.1, 0.15) is 37.4 Å². The van der Waals surface area contributed by atoms with E-state index >= 15 is 0 Å². The highest BCUT2D eigenvalue weighted by molar-refractivity contribution is 5.79. The minimum atomic E-state index is 0.287. The van der Waals surface area contributed by atoms with E-state index in [1.807, 2.05) is 4.90 Å². The van der Waals surface area contributed by atoms with Gasteiger partial charge in [-0.05, 0) is 26.2 Å². The molecule has 1 aliphatic heterocycles. The van der Waals surface area contributed by atoms with Gasteiger partial charge in [0.25, 0.3) is 0 Å². The fraction of sp³-hybridized carbons (Fsp3) is 0.688. The average Bonchev–Trinajstić information content (AvgIpc) is 2.47. The number of carbonyl (C=O) groups is 1. The van der Waals surface area contributed by atoms with Gasteiger partial charge < -0.3 is 15.5 Å². The molecule has 1 aromatic heterocycles. The first-order chi connectivity index (χ1) is 10.6. The molecule has 1 aromatic rings. The molecule has 0 atom stereocenters. The van der Waals surface area contributed by atoms with Crippen LogP contribution in [0.3, 0.4) is 0 Å². The van der Waals surface area contributed by atoms with Crippen LogP contribution in [-0.2, 0) is 11.2 Å². The Morgan fingerprint density at radius 3 is 2.45 bits per heavy atom. The number of nitrogens with zero attached hydrogens (tertiary/aromatic N) is 4. The molecule has 1 saturated carbocycles. The third-order valence-corrected chi connectivity index (χ3v) is 4.92. The number of amides is 1. The Morgan fingerprint density at radius 2 is 1.91 bits per heavy atom. The molecule has 0 aromatic carbocycles. The number of anilines is 2. The van der Waals surface area contributed by atoms with Gasteiger partial charge >= 0.3 is 0 Å². The zero-order valence-electron chi connectivity index (χ0n) is 13.5. The SMILES string of the molecule is CCc1nc(N)nc(N2CCN(C(=O)C3CCC3)CC2)c1C. The van der Waals surface area contributed by atoms with Crippen LogP contribution in [0.5, 0.6) is 0 Å². The van der Waals surface area contributed by atoms with E-state index in [9.17, 15) is 4.79 Å². The molecule has 2 N–H and O–H groups in total. The molecule has 1 amide bonds. The summed E-state index contributed by atoms with van der Waals surface area (Å²) in [6, 6.07) is 0. The number of aryl methyl sites for hydroxylation is 1. The first-order valence-electron chi connectivity index (χ1n) is 8.27. The summed E-state index contributed by atoms with van der Waals surface area (Å²) in [5.74, 6) is 1.90. The van der Waals surface area contributed by atoms with E-state index in [2.05, 4.69) is 28.7 Å². The molecule has 3 rings (SSSR count). The predicted molar refractivity (Wildman–Crippen MR) is 86.7 cm³/mol. The lowest BCUT2D eigenvalue weighted by Crippen LogP contribution is -2.51. The van der Waals surface area contributed by atoms with Gasteiger partial charge in [0.2, 0.25) is 11.9 Å². The van der Waals surface area contributed by atoms with Crippen molar-refractivity contribution >= 4 is 17.7 Å². The number of piperazine rings is 1. The van der Waals surface area contributed by atoms with Gasteiger partial charge in [-0.25, -0.2) is 4.98 Å². The molecule has 120 valence electrons. The van der Waals surface area contributed by atoms with Crippen LogP contribution in [0.15, 0.2) is 0 Å². The number of nitrogen functional groups attached to an aromatic ring is 1. The highest BCUT2D eigenvalue weighted by Crippen LogP contribution is 2.29. The largest absolute Gasteiger partial charge is 0.368 e. The topological polar surface area (TPSA) is 75.3 Å². The fourth-order valence-corrected chi connectivity index (χ4v) is 3.27. The van der Waals surface area contributed by atoms with Gasteiger partial charge in [0.05, 0.1) is 5.69 Å². The predicted octanol–water partition coefficient (Wildman–Crippen LogP) is 1.38. The van der Waals surface area contributed by atoms with Crippen LogP contribution >= 0.6 is 0 Å². The Kier molecular flexibility index (Phi) is 4.18. The Labute approximate surface area is 131 Å². The number of hydrogen-bond acceptors (Lipinski definition) is 5. The molecule has 2 aliphatic rings. The minimum Gasteiger partial charge on any atom is -0.368 e. The third-order valence-electron chi connectivity index (χ3n) is 4.92. The molecular weight excluding hydrogens is 278 g/mol. The van der Waals surface area contributed by atoms with Crippen LogP contribution in [0, 0.1) is 12.8 Å². The summed E-state index contributed by atoms with van der Waals surface area (Å²) in [6.45, 7) is 7.32. The number of rotatable bonds is 3. The van der Waals surface area contributed by atoms with Gasteiger partial charge in [-0.1, -0.05) is 13.3 Å². The van der Waals surface area contributed by atoms with Crippen molar-refractivity contribution < 1.29 is 4.79 Å². The van der Waals surface area contributed by atoms with Crippen molar-refractivity contribution in [2.45, 2.75) is 39.5 Å². The normalized spacial score (nSPS) is 19.2. The highest BCUT2D eigenvalue weighted by Gasteiger charge is 2.31. The van der Waals surface area contributed by atoms with Crippen LogP contribution in [-0.4, -0.2) is 47.0 Å². The number of aromatic nitrogens is 2. The lowest BCUT2D eigenvalue weighted by Gasteiger charge is -2.39. The average molecular weight is 303 g/mol. The highest BCUT2D eigenvalue weighted by atomic mass is 16.2. The molecular formula is C16H25N5O. The van der Waals surface area contributed by atoms with E-state index in [-0.39, 0.29) is 5.92 Å². The molecule has 0 unspecified atom stereocenters. The second kappa shape index (κ2) is 6.10.